The van der Waals surface area contributed by atoms with Gasteiger partial charge in [0.1, 0.15) is 18.1 Å². The first-order chi connectivity index (χ1) is 19.0. The van der Waals surface area contributed by atoms with E-state index in [9.17, 15) is 14.0 Å². The lowest BCUT2D eigenvalue weighted by molar-refractivity contribution is -0.122. The molecule has 0 saturated heterocycles. The molecule has 5 rings (SSSR count). The summed E-state index contributed by atoms with van der Waals surface area (Å²) in [5.41, 5.74) is 3.28. The van der Waals surface area contributed by atoms with Crippen LogP contribution in [0.4, 0.5) is 10.1 Å². The van der Waals surface area contributed by atoms with E-state index in [2.05, 4.69) is 25.6 Å². The Kier molecular flexibility index (Phi) is 7.48. The van der Waals surface area contributed by atoms with Crippen molar-refractivity contribution in [1.29, 1.82) is 0 Å². The highest BCUT2D eigenvalue weighted by Gasteiger charge is 2.34. The van der Waals surface area contributed by atoms with Crippen LogP contribution in [0.3, 0.4) is 0 Å². The highest BCUT2D eigenvalue weighted by atomic mass is 19.1. The number of aryl methyl sites for hydroxylation is 1. The van der Waals surface area contributed by atoms with Gasteiger partial charge in [-0.3, -0.25) is 19.5 Å². The summed E-state index contributed by atoms with van der Waals surface area (Å²) in [7, 11) is 0. The molecule has 0 bridgehead atoms. The maximum Gasteiger partial charge on any atom is 0.281 e. The number of benzene rings is 2. The van der Waals surface area contributed by atoms with Crippen molar-refractivity contribution in [2.45, 2.75) is 19.4 Å². The smallest absolute Gasteiger partial charge is 0.281 e. The molecule has 1 unspecified atom stereocenters. The van der Waals surface area contributed by atoms with Gasteiger partial charge >= 0.3 is 0 Å². The highest BCUT2D eigenvalue weighted by Crippen LogP contribution is 2.30. The molecule has 2 amide bonds. The minimum atomic E-state index is -1.09. The van der Waals surface area contributed by atoms with Gasteiger partial charge < -0.3 is 9.73 Å². The number of anilines is 1. The SMILES string of the molecule is Cc1cnnn1-c1ccc(N(C(=O)c2cocn2)C(C(=O)NCCc2cccc(F)c2)c2cccnc2)cc1. The van der Waals surface area contributed by atoms with Crippen molar-refractivity contribution in [3.05, 3.63) is 120 Å². The van der Waals surface area contributed by atoms with E-state index >= 15 is 0 Å². The van der Waals surface area contributed by atoms with Crippen molar-refractivity contribution >= 4 is 17.5 Å². The molecule has 1 atom stereocenters. The summed E-state index contributed by atoms with van der Waals surface area (Å²) in [5, 5.41) is 10.9. The van der Waals surface area contributed by atoms with Crippen LogP contribution < -0.4 is 10.2 Å². The molecule has 0 radical (unpaired) electrons. The number of rotatable bonds is 9. The summed E-state index contributed by atoms with van der Waals surface area (Å²) in [4.78, 5) is 37.0. The summed E-state index contributed by atoms with van der Waals surface area (Å²) in [6.07, 6.45) is 7.55. The second kappa shape index (κ2) is 11.5. The normalized spacial score (nSPS) is 11.6. The van der Waals surface area contributed by atoms with Crippen molar-refractivity contribution in [1.82, 2.24) is 30.3 Å². The topological polar surface area (TPSA) is 119 Å². The molecule has 11 heteroatoms. The first-order valence-electron chi connectivity index (χ1n) is 12.1. The van der Waals surface area contributed by atoms with Crippen molar-refractivity contribution < 1.29 is 18.4 Å². The number of hydrogen-bond acceptors (Lipinski definition) is 7. The molecule has 1 N–H and O–H groups in total. The van der Waals surface area contributed by atoms with Crippen molar-refractivity contribution in [2.75, 3.05) is 11.4 Å². The number of halogens is 1. The van der Waals surface area contributed by atoms with Crippen molar-refractivity contribution in [2.24, 2.45) is 0 Å². The largest absolute Gasteiger partial charge is 0.451 e. The van der Waals surface area contributed by atoms with Crippen molar-refractivity contribution in [3.8, 4) is 5.69 Å². The maximum absolute atomic E-state index is 13.8. The van der Waals surface area contributed by atoms with Crippen LogP contribution in [0.1, 0.15) is 33.4 Å². The number of carbonyl (C=O) groups is 2. The third-order valence-electron chi connectivity index (χ3n) is 6.07. The lowest BCUT2D eigenvalue weighted by atomic mass is 10.0. The monoisotopic (exact) mass is 525 g/mol. The van der Waals surface area contributed by atoms with Gasteiger partial charge in [-0.1, -0.05) is 23.4 Å². The summed E-state index contributed by atoms with van der Waals surface area (Å²) in [6.45, 7) is 2.11. The van der Waals surface area contributed by atoms with Gasteiger partial charge in [0, 0.05) is 30.2 Å². The third-order valence-corrected chi connectivity index (χ3v) is 6.07. The van der Waals surface area contributed by atoms with Gasteiger partial charge in [0.2, 0.25) is 5.91 Å². The number of nitrogens with one attached hydrogen (secondary N) is 1. The van der Waals surface area contributed by atoms with Gasteiger partial charge in [-0.15, -0.1) is 5.10 Å². The molecule has 5 aromatic rings. The molecule has 3 aromatic heterocycles. The Hall–Kier alpha value is -5.19. The number of aromatic nitrogens is 5. The summed E-state index contributed by atoms with van der Waals surface area (Å²) < 4.78 is 20.3. The average molecular weight is 526 g/mol. The number of amides is 2. The molecule has 2 aromatic carbocycles. The number of pyridine rings is 1. The molecule has 0 fully saturated rings. The fraction of sp³-hybridized carbons (Fsp3) is 0.143. The van der Waals surface area contributed by atoms with Crippen LogP contribution in [0.5, 0.6) is 0 Å². The molecule has 0 aliphatic carbocycles. The summed E-state index contributed by atoms with van der Waals surface area (Å²) >= 11 is 0. The number of nitrogens with zero attached hydrogens (tertiary/aromatic N) is 6. The van der Waals surface area contributed by atoms with Gasteiger partial charge in [0.25, 0.3) is 5.91 Å². The molecule has 0 saturated carbocycles. The fourth-order valence-corrected chi connectivity index (χ4v) is 4.20. The predicted octanol–water partition coefficient (Wildman–Crippen LogP) is 3.84. The lowest BCUT2D eigenvalue weighted by Crippen LogP contribution is -2.44. The summed E-state index contributed by atoms with van der Waals surface area (Å²) in [6, 6.07) is 15.5. The molecule has 196 valence electrons. The summed E-state index contributed by atoms with van der Waals surface area (Å²) in [5.74, 6) is -1.32. The molecule has 0 aliphatic rings. The third kappa shape index (κ3) is 5.72. The Morgan fingerprint density at radius 3 is 2.62 bits per heavy atom. The number of oxazole rings is 1. The molecular weight excluding hydrogens is 501 g/mol. The van der Waals surface area contributed by atoms with E-state index in [1.165, 1.54) is 29.5 Å². The van der Waals surface area contributed by atoms with Crippen LogP contribution in [-0.4, -0.2) is 43.3 Å². The Labute approximate surface area is 223 Å². The Balaban J connectivity index is 1.49. The van der Waals surface area contributed by atoms with Crippen LogP contribution >= 0.6 is 0 Å². The van der Waals surface area contributed by atoms with E-state index in [4.69, 9.17) is 4.42 Å². The van der Waals surface area contributed by atoms with Gasteiger partial charge in [0.15, 0.2) is 12.1 Å². The van der Waals surface area contributed by atoms with Crippen LogP contribution in [0.25, 0.3) is 5.69 Å². The second-order valence-electron chi connectivity index (χ2n) is 8.71. The van der Waals surface area contributed by atoms with E-state index < -0.39 is 17.9 Å². The first-order valence-corrected chi connectivity index (χ1v) is 12.1. The van der Waals surface area contributed by atoms with E-state index in [0.29, 0.717) is 17.7 Å². The average Bonchev–Trinajstić information content (AvgIpc) is 3.64. The Bertz CT molecular complexity index is 1550. The predicted molar refractivity (Wildman–Crippen MR) is 140 cm³/mol. The van der Waals surface area contributed by atoms with Gasteiger partial charge in [0.05, 0.1) is 17.6 Å². The first kappa shape index (κ1) is 25.5. The van der Waals surface area contributed by atoms with Crippen LogP contribution in [0.15, 0.2) is 96.3 Å². The van der Waals surface area contributed by atoms with Gasteiger partial charge in [-0.2, -0.15) is 0 Å². The fourth-order valence-electron chi connectivity index (χ4n) is 4.20. The van der Waals surface area contributed by atoms with Crippen molar-refractivity contribution in [3.63, 3.8) is 0 Å². The number of hydrogen-bond donors (Lipinski definition) is 1. The van der Waals surface area contributed by atoms with Crippen LogP contribution in [0.2, 0.25) is 0 Å². The molecular formula is C28H24FN7O3. The molecule has 39 heavy (non-hydrogen) atoms. The molecule has 0 spiro atoms. The molecule has 0 aliphatic heterocycles. The molecule has 10 nitrogen and oxygen atoms in total. The zero-order valence-corrected chi connectivity index (χ0v) is 20.9. The molecule has 3 heterocycles. The zero-order valence-electron chi connectivity index (χ0n) is 20.9. The highest BCUT2D eigenvalue weighted by molar-refractivity contribution is 6.09. The Morgan fingerprint density at radius 1 is 1.10 bits per heavy atom. The number of carbonyl (C=O) groups excluding carboxylic acids is 2. The van der Waals surface area contributed by atoms with E-state index in [0.717, 1.165) is 23.3 Å². The second-order valence-corrected chi connectivity index (χ2v) is 8.71. The van der Waals surface area contributed by atoms with E-state index in [-0.39, 0.29) is 18.1 Å². The quantitative estimate of drug-likeness (QED) is 0.311. The minimum Gasteiger partial charge on any atom is -0.451 e. The zero-order chi connectivity index (χ0) is 27.2. The van der Waals surface area contributed by atoms with E-state index in [1.807, 2.05) is 6.92 Å². The van der Waals surface area contributed by atoms with Gasteiger partial charge in [-0.25, -0.2) is 14.1 Å². The minimum absolute atomic E-state index is 0.0349. The van der Waals surface area contributed by atoms with Crippen LogP contribution in [-0.2, 0) is 11.2 Å². The Morgan fingerprint density at radius 2 is 1.95 bits per heavy atom. The maximum atomic E-state index is 13.8. The standard InChI is InChI=1S/C28H24FN7O3/c1-19-15-33-34-36(19)24-9-7-23(8-10-24)35(28(38)25-17-39-18-32-25)26(21-5-3-12-30-16-21)27(37)31-13-11-20-4-2-6-22(29)14-20/h2-10,12,14-18,26H,11,13H2,1H3,(H,31,37). The van der Waals surface area contributed by atoms with Gasteiger partial charge in [-0.05, 0) is 61.4 Å². The van der Waals surface area contributed by atoms with E-state index in [1.54, 1.807) is 65.6 Å². The lowest BCUT2D eigenvalue weighted by Gasteiger charge is -2.31. The van der Waals surface area contributed by atoms with Crippen LogP contribution in [0, 0.1) is 12.7 Å².